The number of hydrogen-bond acceptors (Lipinski definition) is 3. The lowest BCUT2D eigenvalue weighted by Crippen LogP contribution is -2.44. The van der Waals surface area contributed by atoms with Crippen molar-refractivity contribution in [2.24, 2.45) is 7.05 Å². The zero-order chi connectivity index (χ0) is 24.3. The lowest BCUT2D eigenvalue weighted by Gasteiger charge is -2.28. The largest absolute Gasteiger partial charge is 0.494 e. The Hall–Kier alpha value is -3.74. The molecule has 7 heteroatoms. The molecule has 0 saturated heterocycles. The molecule has 0 atom stereocenters. The quantitative estimate of drug-likeness (QED) is 0.441. The lowest BCUT2D eigenvalue weighted by molar-refractivity contribution is -0.133. The predicted molar refractivity (Wildman–Crippen MR) is 135 cm³/mol. The van der Waals surface area contributed by atoms with E-state index in [1.165, 1.54) is 0 Å². The van der Waals surface area contributed by atoms with Crippen LogP contribution in [0.1, 0.15) is 31.5 Å². The van der Waals surface area contributed by atoms with Gasteiger partial charge < -0.3 is 24.4 Å². The minimum absolute atomic E-state index is 0.00790. The smallest absolute Gasteiger partial charge is 0.322 e. The van der Waals surface area contributed by atoms with E-state index >= 15 is 0 Å². The molecule has 0 radical (unpaired) electrons. The zero-order valence-electron chi connectivity index (χ0n) is 20.2. The Morgan fingerprint density at radius 3 is 2.26 bits per heavy atom. The van der Waals surface area contributed by atoms with Crippen molar-refractivity contribution in [2.45, 2.75) is 33.4 Å². The molecule has 3 amide bonds. The second-order valence-electron chi connectivity index (χ2n) is 8.15. The summed E-state index contributed by atoms with van der Waals surface area (Å²) in [6, 6.07) is 20.8. The number of anilines is 1. The van der Waals surface area contributed by atoms with E-state index in [4.69, 9.17) is 4.74 Å². The number of aryl methyl sites for hydroxylation is 1. The molecule has 180 valence electrons. The summed E-state index contributed by atoms with van der Waals surface area (Å²) in [5.41, 5.74) is 2.74. The molecule has 0 aliphatic rings. The number of carbonyl (C=O) groups is 2. The summed E-state index contributed by atoms with van der Waals surface area (Å²) in [7, 11) is 1.97. The van der Waals surface area contributed by atoms with Gasteiger partial charge in [-0.15, -0.1) is 0 Å². The first-order valence-corrected chi connectivity index (χ1v) is 11.7. The van der Waals surface area contributed by atoms with Gasteiger partial charge in [0.05, 0.1) is 13.2 Å². The lowest BCUT2D eigenvalue weighted by atomic mass is 10.2. The maximum atomic E-state index is 13.4. The zero-order valence-corrected chi connectivity index (χ0v) is 20.2. The summed E-state index contributed by atoms with van der Waals surface area (Å²) in [5.74, 6) is 0.652. The molecule has 1 aromatic heterocycles. The maximum absolute atomic E-state index is 13.4. The Balaban J connectivity index is 1.71. The van der Waals surface area contributed by atoms with Crippen LogP contribution in [-0.4, -0.2) is 46.0 Å². The van der Waals surface area contributed by atoms with Gasteiger partial charge in [0.1, 0.15) is 12.3 Å². The minimum Gasteiger partial charge on any atom is -0.494 e. The number of nitrogens with zero attached hydrogens (tertiary/aromatic N) is 3. The summed E-state index contributed by atoms with van der Waals surface area (Å²) in [5, 5.41) is 2.90. The molecule has 1 N–H and O–H groups in total. The molecule has 0 bridgehead atoms. The molecule has 1 heterocycles. The fourth-order valence-corrected chi connectivity index (χ4v) is 3.68. The van der Waals surface area contributed by atoms with Crippen LogP contribution in [0, 0.1) is 0 Å². The highest BCUT2D eigenvalue weighted by molar-refractivity contribution is 5.92. The molecule has 0 aliphatic carbocycles. The molecule has 3 aromatic rings. The van der Waals surface area contributed by atoms with Crippen LogP contribution in [-0.2, 0) is 24.9 Å². The third-order valence-corrected chi connectivity index (χ3v) is 5.50. The van der Waals surface area contributed by atoms with Crippen LogP contribution < -0.4 is 10.1 Å². The van der Waals surface area contributed by atoms with Crippen molar-refractivity contribution in [1.29, 1.82) is 0 Å². The Morgan fingerprint density at radius 2 is 1.65 bits per heavy atom. The minimum atomic E-state index is -0.294. The average Bonchev–Trinajstić information content (AvgIpc) is 3.24. The number of aromatic nitrogens is 1. The van der Waals surface area contributed by atoms with Crippen molar-refractivity contribution in [3.8, 4) is 5.75 Å². The molecule has 3 rings (SSSR count). The SMILES string of the molecule is CCCN(CC(=O)N(Cc1ccccc1)Cc1cccn1C)C(=O)Nc1ccc(OCC)cc1. The van der Waals surface area contributed by atoms with Gasteiger partial charge in [-0.3, -0.25) is 4.79 Å². The predicted octanol–water partition coefficient (Wildman–Crippen LogP) is 4.90. The van der Waals surface area contributed by atoms with Crippen molar-refractivity contribution >= 4 is 17.6 Å². The molecule has 7 nitrogen and oxygen atoms in total. The molecule has 0 fully saturated rings. The summed E-state index contributed by atoms with van der Waals surface area (Å²) in [6.45, 7) is 5.94. The van der Waals surface area contributed by atoms with Crippen LogP contribution in [0.25, 0.3) is 0 Å². The van der Waals surface area contributed by atoms with Crippen LogP contribution >= 0.6 is 0 Å². The normalized spacial score (nSPS) is 10.6. The number of carbonyl (C=O) groups excluding carboxylic acids is 2. The fourth-order valence-electron chi connectivity index (χ4n) is 3.68. The number of nitrogens with one attached hydrogen (secondary N) is 1. The number of benzene rings is 2. The van der Waals surface area contributed by atoms with Gasteiger partial charge in [0.25, 0.3) is 0 Å². The van der Waals surface area contributed by atoms with E-state index in [1.54, 1.807) is 21.9 Å². The van der Waals surface area contributed by atoms with Crippen molar-refractivity contribution in [3.05, 3.63) is 84.2 Å². The van der Waals surface area contributed by atoms with Gasteiger partial charge >= 0.3 is 6.03 Å². The van der Waals surface area contributed by atoms with E-state index in [2.05, 4.69) is 5.32 Å². The van der Waals surface area contributed by atoms with Crippen molar-refractivity contribution in [1.82, 2.24) is 14.4 Å². The van der Waals surface area contributed by atoms with E-state index in [0.717, 1.165) is 23.4 Å². The van der Waals surface area contributed by atoms with Crippen molar-refractivity contribution < 1.29 is 14.3 Å². The first kappa shape index (κ1) is 24.9. The van der Waals surface area contributed by atoms with Gasteiger partial charge in [0, 0.05) is 37.7 Å². The van der Waals surface area contributed by atoms with E-state index in [-0.39, 0.29) is 18.5 Å². The highest BCUT2D eigenvalue weighted by atomic mass is 16.5. The fraction of sp³-hybridized carbons (Fsp3) is 0.333. The Labute approximate surface area is 201 Å². The number of amides is 3. The standard InChI is InChI=1S/C27H34N4O3/c1-4-17-30(27(33)28-23-13-15-25(16-14-23)34-5-2)21-26(32)31(19-22-10-7-6-8-11-22)20-24-12-9-18-29(24)3/h6-16,18H,4-5,17,19-21H2,1-3H3,(H,28,33). The third kappa shape index (κ3) is 7.13. The molecule has 0 spiro atoms. The molecule has 34 heavy (non-hydrogen) atoms. The van der Waals surface area contributed by atoms with Crippen LogP contribution in [0.15, 0.2) is 72.9 Å². The van der Waals surface area contributed by atoms with Crippen molar-refractivity contribution in [3.63, 3.8) is 0 Å². The van der Waals surface area contributed by atoms with Crippen LogP contribution in [0.3, 0.4) is 0 Å². The van der Waals surface area contributed by atoms with Gasteiger partial charge in [-0.1, -0.05) is 37.3 Å². The maximum Gasteiger partial charge on any atom is 0.322 e. The molecule has 0 unspecified atom stereocenters. The number of hydrogen-bond donors (Lipinski definition) is 1. The topological polar surface area (TPSA) is 66.8 Å². The summed E-state index contributed by atoms with van der Waals surface area (Å²) >= 11 is 0. The van der Waals surface area contributed by atoms with Crippen LogP contribution in [0.4, 0.5) is 10.5 Å². The highest BCUT2D eigenvalue weighted by Crippen LogP contribution is 2.17. The van der Waals surface area contributed by atoms with Crippen LogP contribution in [0.2, 0.25) is 0 Å². The van der Waals surface area contributed by atoms with Gasteiger partial charge in [-0.2, -0.15) is 0 Å². The van der Waals surface area contributed by atoms with Crippen LogP contribution in [0.5, 0.6) is 5.75 Å². The summed E-state index contributed by atoms with van der Waals surface area (Å²) in [4.78, 5) is 29.8. The van der Waals surface area contributed by atoms with Gasteiger partial charge in [0.15, 0.2) is 0 Å². The molecule has 2 aromatic carbocycles. The van der Waals surface area contributed by atoms with E-state index in [9.17, 15) is 9.59 Å². The molecular formula is C27H34N4O3. The number of rotatable bonds is 11. The highest BCUT2D eigenvalue weighted by Gasteiger charge is 2.22. The average molecular weight is 463 g/mol. The first-order chi connectivity index (χ1) is 16.5. The van der Waals surface area contributed by atoms with Gasteiger partial charge in [-0.25, -0.2) is 4.79 Å². The number of urea groups is 1. The second kappa shape index (κ2) is 12.5. The Morgan fingerprint density at radius 1 is 0.912 bits per heavy atom. The molecule has 0 aliphatic heterocycles. The molecule has 0 saturated carbocycles. The van der Waals surface area contributed by atoms with Crippen molar-refractivity contribution in [2.75, 3.05) is 25.0 Å². The third-order valence-electron chi connectivity index (χ3n) is 5.50. The van der Waals surface area contributed by atoms with Gasteiger partial charge in [-0.05, 0) is 55.3 Å². The Bertz CT molecular complexity index is 1050. The second-order valence-corrected chi connectivity index (χ2v) is 8.15. The molecular weight excluding hydrogens is 428 g/mol. The summed E-state index contributed by atoms with van der Waals surface area (Å²) < 4.78 is 7.46. The van der Waals surface area contributed by atoms with Gasteiger partial charge in [0.2, 0.25) is 5.91 Å². The van der Waals surface area contributed by atoms with E-state index < -0.39 is 0 Å². The number of ether oxygens (including phenoxy) is 1. The summed E-state index contributed by atoms with van der Waals surface area (Å²) in [6.07, 6.45) is 2.72. The van der Waals surface area contributed by atoms with E-state index in [0.29, 0.717) is 31.9 Å². The van der Waals surface area contributed by atoms with E-state index in [1.807, 2.05) is 86.3 Å². The Kier molecular flexibility index (Phi) is 9.14. The first-order valence-electron chi connectivity index (χ1n) is 11.7. The monoisotopic (exact) mass is 462 g/mol.